The second-order valence-corrected chi connectivity index (χ2v) is 10.4. The highest BCUT2D eigenvalue weighted by molar-refractivity contribution is 5.80. The zero-order chi connectivity index (χ0) is 28.7. The number of hydrogen-bond donors (Lipinski definition) is 1. The number of benzene rings is 6. The van der Waals surface area contributed by atoms with Crippen LogP contribution in [0.25, 0.3) is 11.1 Å². The lowest BCUT2D eigenvalue weighted by Crippen LogP contribution is -2.10. The number of nitrogens with zero attached hydrogens (tertiary/aromatic N) is 2. The normalized spacial score (nSPS) is 10.8. The van der Waals surface area contributed by atoms with E-state index in [0.29, 0.717) is 6.42 Å². The largest absolute Gasteiger partial charge is 0.396 e. The molecule has 0 aliphatic heterocycles. The third-order valence-corrected chi connectivity index (χ3v) is 7.44. The van der Waals surface area contributed by atoms with Crippen molar-refractivity contribution in [2.24, 2.45) is 0 Å². The molecular formula is C39H34N2O. The van der Waals surface area contributed by atoms with E-state index in [1.807, 2.05) is 6.07 Å². The molecule has 0 aromatic heterocycles. The summed E-state index contributed by atoms with van der Waals surface area (Å²) >= 11 is 0. The van der Waals surface area contributed by atoms with Gasteiger partial charge in [-0.1, -0.05) is 84.9 Å². The molecule has 206 valence electrons. The summed E-state index contributed by atoms with van der Waals surface area (Å²) in [6, 6.07) is 55.4. The van der Waals surface area contributed by atoms with Crippen LogP contribution in [0.1, 0.15) is 11.1 Å². The summed E-state index contributed by atoms with van der Waals surface area (Å²) in [5.41, 5.74) is 11.3. The standard InChI is InChI=1S/C39H34N2O/c1-30-10-8-16-38(28-30)40(34-12-4-2-5-13-34)36-22-18-32(19-23-36)33-20-24-37(25-21-33)41(35-14-6-3-7-15-35)39-17-9-11-31(29-39)26-27-42/h2-25,28-29,42H,26-27H2,1H3. The number of hydrogen-bond acceptors (Lipinski definition) is 3. The molecule has 0 aliphatic rings. The van der Waals surface area contributed by atoms with Gasteiger partial charge in [0.1, 0.15) is 0 Å². The Balaban J connectivity index is 1.31. The number of aryl methyl sites for hydroxylation is 1. The highest BCUT2D eigenvalue weighted by Crippen LogP contribution is 2.38. The zero-order valence-electron chi connectivity index (χ0n) is 23.8. The fraction of sp³-hybridized carbons (Fsp3) is 0.0769. The highest BCUT2D eigenvalue weighted by atomic mass is 16.2. The topological polar surface area (TPSA) is 26.7 Å². The van der Waals surface area contributed by atoms with E-state index in [0.717, 1.165) is 45.3 Å². The van der Waals surface area contributed by atoms with Crippen LogP contribution in [0.15, 0.2) is 158 Å². The molecule has 0 spiro atoms. The summed E-state index contributed by atoms with van der Waals surface area (Å²) in [6.07, 6.45) is 0.636. The average Bonchev–Trinajstić information content (AvgIpc) is 3.04. The molecule has 6 rings (SSSR count). The number of para-hydroxylation sites is 2. The second kappa shape index (κ2) is 12.6. The summed E-state index contributed by atoms with van der Waals surface area (Å²) in [7, 11) is 0. The Morgan fingerprint density at radius 2 is 0.857 bits per heavy atom. The van der Waals surface area contributed by atoms with Gasteiger partial charge >= 0.3 is 0 Å². The monoisotopic (exact) mass is 546 g/mol. The molecule has 0 amide bonds. The third kappa shape index (κ3) is 5.97. The molecule has 42 heavy (non-hydrogen) atoms. The van der Waals surface area contributed by atoms with Gasteiger partial charge in [-0.05, 0) is 108 Å². The van der Waals surface area contributed by atoms with Gasteiger partial charge in [-0.15, -0.1) is 0 Å². The van der Waals surface area contributed by atoms with Gasteiger partial charge in [-0.2, -0.15) is 0 Å². The lowest BCUT2D eigenvalue weighted by molar-refractivity contribution is 0.299. The minimum Gasteiger partial charge on any atom is -0.396 e. The van der Waals surface area contributed by atoms with E-state index in [9.17, 15) is 5.11 Å². The molecule has 0 heterocycles. The van der Waals surface area contributed by atoms with Gasteiger partial charge in [0.15, 0.2) is 0 Å². The quantitative estimate of drug-likeness (QED) is 0.195. The number of anilines is 6. The van der Waals surface area contributed by atoms with E-state index in [2.05, 4.69) is 168 Å². The number of aliphatic hydroxyl groups is 1. The van der Waals surface area contributed by atoms with Crippen LogP contribution < -0.4 is 9.80 Å². The van der Waals surface area contributed by atoms with Gasteiger partial charge in [0, 0.05) is 40.7 Å². The maximum atomic E-state index is 9.48. The summed E-state index contributed by atoms with van der Waals surface area (Å²) in [5, 5.41) is 9.48. The Bertz CT molecular complexity index is 1730. The van der Waals surface area contributed by atoms with E-state index in [4.69, 9.17) is 0 Å². The summed E-state index contributed by atoms with van der Waals surface area (Å²) in [6.45, 7) is 2.26. The van der Waals surface area contributed by atoms with Crippen molar-refractivity contribution in [1.29, 1.82) is 0 Å². The number of rotatable bonds is 9. The molecule has 0 fully saturated rings. The van der Waals surface area contributed by atoms with Crippen LogP contribution in [0.5, 0.6) is 0 Å². The number of aliphatic hydroxyl groups excluding tert-OH is 1. The Kier molecular flexibility index (Phi) is 8.12. The van der Waals surface area contributed by atoms with E-state index in [1.54, 1.807) is 0 Å². The molecule has 6 aromatic rings. The van der Waals surface area contributed by atoms with Crippen LogP contribution in [0.3, 0.4) is 0 Å². The first-order valence-corrected chi connectivity index (χ1v) is 14.4. The Hall–Kier alpha value is -5.12. The van der Waals surface area contributed by atoms with Crippen LogP contribution in [0.2, 0.25) is 0 Å². The average molecular weight is 547 g/mol. The van der Waals surface area contributed by atoms with Gasteiger partial charge in [-0.25, -0.2) is 0 Å². The molecule has 0 bridgehead atoms. The van der Waals surface area contributed by atoms with Crippen LogP contribution in [-0.2, 0) is 6.42 Å². The van der Waals surface area contributed by atoms with Crippen molar-refractivity contribution in [1.82, 2.24) is 0 Å². The predicted octanol–water partition coefficient (Wildman–Crippen LogP) is 10.1. The summed E-state index contributed by atoms with van der Waals surface area (Å²) in [5.74, 6) is 0. The van der Waals surface area contributed by atoms with E-state index in [1.165, 1.54) is 11.1 Å². The van der Waals surface area contributed by atoms with Crippen molar-refractivity contribution in [3.63, 3.8) is 0 Å². The lowest BCUT2D eigenvalue weighted by Gasteiger charge is -2.26. The smallest absolute Gasteiger partial charge is 0.0471 e. The fourth-order valence-electron chi connectivity index (χ4n) is 5.40. The van der Waals surface area contributed by atoms with Gasteiger partial charge in [0.25, 0.3) is 0 Å². The molecule has 0 radical (unpaired) electrons. The summed E-state index contributed by atoms with van der Waals surface area (Å²) in [4.78, 5) is 4.55. The van der Waals surface area contributed by atoms with Gasteiger partial charge in [-0.3, -0.25) is 0 Å². The predicted molar refractivity (Wildman–Crippen MR) is 177 cm³/mol. The Labute approximate surface area is 248 Å². The molecule has 0 unspecified atom stereocenters. The van der Waals surface area contributed by atoms with Crippen LogP contribution >= 0.6 is 0 Å². The molecule has 0 saturated heterocycles. The van der Waals surface area contributed by atoms with Gasteiger partial charge < -0.3 is 14.9 Å². The molecule has 0 saturated carbocycles. The Morgan fingerprint density at radius 3 is 1.33 bits per heavy atom. The maximum absolute atomic E-state index is 9.48. The third-order valence-electron chi connectivity index (χ3n) is 7.44. The van der Waals surface area contributed by atoms with Crippen molar-refractivity contribution in [2.45, 2.75) is 13.3 Å². The molecule has 1 N–H and O–H groups in total. The van der Waals surface area contributed by atoms with Gasteiger partial charge in [0.05, 0.1) is 0 Å². The second-order valence-electron chi connectivity index (χ2n) is 10.4. The van der Waals surface area contributed by atoms with Gasteiger partial charge in [0.2, 0.25) is 0 Å². The van der Waals surface area contributed by atoms with Crippen molar-refractivity contribution in [3.8, 4) is 11.1 Å². The van der Waals surface area contributed by atoms with E-state index in [-0.39, 0.29) is 6.61 Å². The van der Waals surface area contributed by atoms with Crippen molar-refractivity contribution >= 4 is 34.1 Å². The minimum atomic E-state index is 0.135. The van der Waals surface area contributed by atoms with Crippen molar-refractivity contribution in [3.05, 3.63) is 169 Å². The van der Waals surface area contributed by atoms with Crippen LogP contribution in [-0.4, -0.2) is 11.7 Å². The van der Waals surface area contributed by atoms with E-state index >= 15 is 0 Å². The summed E-state index contributed by atoms with van der Waals surface area (Å²) < 4.78 is 0. The molecular weight excluding hydrogens is 512 g/mol. The molecule has 3 heteroatoms. The van der Waals surface area contributed by atoms with Crippen molar-refractivity contribution in [2.75, 3.05) is 16.4 Å². The SMILES string of the molecule is Cc1cccc(N(c2ccccc2)c2ccc(-c3ccc(N(c4ccccc4)c4cccc(CCO)c4)cc3)cc2)c1. The van der Waals surface area contributed by atoms with Crippen LogP contribution in [0.4, 0.5) is 34.1 Å². The minimum absolute atomic E-state index is 0.135. The maximum Gasteiger partial charge on any atom is 0.0471 e. The fourth-order valence-corrected chi connectivity index (χ4v) is 5.40. The van der Waals surface area contributed by atoms with Crippen molar-refractivity contribution < 1.29 is 5.11 Å². The molecule has 6 aromatic carbocycles. The zero-order valence-corrected chi connectivity index (χ0v) is 23.8. The molecule has 0 aliphatic carbocycles. The molecule has 0 atom stereocenters. The highest BCUT2D eigenvalue weighted by Gasteiger charge is 2.15. The first kappa shape index (κ1) is 27.1. The van der Waals surface area contributed by atoms with E-state index < -0.39 is 0 Å². The Morgan fingerprint density at radius 1 is 0.429 bits per heavy atom. The first-order chi connectivity index (χ1) is 20.7. The first-order valence-electron chi connectivity index (χ1n) is 14.4. The lowest BCUT2D eigenvalue weighted by atomic mass is 10.0. The van der Waals surface area contributed by atoms with Crippen LogP contribution in [0, 0.1) is 6.92 Å². The molecule has 3 nitrogen and oxygen atoms in total.